The number of hydrogen-bond acceptors (Lipinski definition) is 1. The molecule has 1 heteroatoms. The van der Waals surface area contributed by atoms with Crippen molar-refractivity contribution in [3.05, 3.63) is 23.8 Å². The molecule has 0 fully saturated rings. The minimum Gasteiger partial charge on any atom is -0.292 e. The van der Waals surface area contributed by atoms with Crippen molar-refractivity contribution in [1.82, 2.24) is 0 Å². The van der Waals surface area contributed by atoms with Crippen molar-refractivity contribution in [1.29, 1.82) is 0 Å². The molecule has 1 aliphatic heterocycles. The summed E-state index contributed by atoms with van der Waals surface area (Å²) in [6, 6.07) is 0. The molecule has 0 bridgehead atoms. The third kappa shape index (κ3) is 0.727. The first-order valence-electron chi connectivity index (χ1n) is 3.32. The van der Waals surface area contributed by atoms with Crippen molar-refractivity contribution < 1.29 is 0 Å². The van der Waals surface area contributed by atoms with E-state index in [1.54, 1.807) is 0 Å². The first kappa shape index (κ1) is 4.98. The maximum absolute atomic E-state index is 4.17. The number of dihydropyridines is 1. The van der Waals surface area contributed by atoms with Crippen LogP contribution in [-0.2, 0) is 0 Å². The lowest BCUT2D eigenvalue weighted by atomic mass is 10.0. The molecule has 0 N–H and O–H groups in total. The van der Waals surface area contributed by atoms with Gasteiger partial charge in [-0.15, -0.1) is 0 Å². The molecule has 1 nitrogen and oxygen atoms in total. The van der Waals surface area contributed by atoms with Gasteiger partial charge >= 0.3 is 0 Å². The van der Waals surface area contributed by atoms with E-state index >= 15 is 0 Å². The Balaban J connectivity index is 2.29. The third-order valence-corrected chi connectivity index (χ3v) is 1.89. The maximum atomic E-state index is 4.17. The molecular formula is C8H9N. The molecule has 9 heavy (non-hydrogen) atoms. The summed E-state index contributed by atoms with van der Waals surface area (Å²) in [5, 5.41) is 0. The van der Waals surface area contributed by atoms with E-state index in [0.717, 1.165) is 13.0 Å². The third-order valence-electron chi connectivity index (χ3n) is 1.89. The van der Waals surface area contributed by atoms with Crippen molar-refractivity contribution >= 4 is 6.21 Å². The van der Waals surface area contributed by atoms with Crippen LogP contribution in [-0.4, -0.2) is 12.8 Å². The normalized spacial score (nSPS) is 30.2. The van der Waals surface area contributed by atoms with Crippen LogP contribution in [0, 0.1) is 5.92 Å². The molecule has 0 radical (unpaired) electrons. The van der Waals surface area contributed by atoms with Gasteiger partial charge in [-0.3, -0.25) is 4.99 Å². The van der Waals surface area contributed by atoms with Gasteiger partial charge in [-0.2, -0.15) is 0 Å². The first-order valence-corrected chi connectivity index (χ1v) is 3.32. The van der Waals surface area contributed by atoms with Gasteiger partial charge in [0.05, 0.1) is 0 Å². The van der Waals surface area contributed by atoms with E-state index in [-0.39, 0.29) is 0 Å². The molecule has 1 atom stereocenters. The number of fused-ring (bicyclic) bond motifs is 1. The molecule has 0 aromatic carbocycles. The van der Waals surface area contributed by atoms with Gasteiger partial charge in [0.15, 0.2) is 0 Å². The number of hydrogen-bond donors (Lipinski definition) is 0. The quantitative estimate of drug-likeness (QED) is 0.429. The highest BCUT2D eigenvalue weighted by Crippen LogP contribution is 2.25. The second-order valence-corrected chi connectivity index (χ2v) is 2.49. The summed E-state index contributed by atoms with van der Waals surface area (Å²) in [7, 11) is 0. The zero-order valence-corrected chi connectivity index (χ0v) is 5.25. The number of rotatable bonds is 0. The van der Waals surface area contributed by atoms with Crippen LogP contribution in [0.5, 0.6) is 0 Å². The summed E-state index contributed by atoms with van der Waals surface area (Å²) in [6.07, 6.45) is 9.68. The summed E-state index contributed by atoms with van der Waals surface area (Å²) in [5.41, 5.74) is 1.53. The summed E-state index contributed by atoms with van der Waals surface area (Å²) in [4.78, 5) is 4.17. The molecule has 2 rings (SSSR count). The largest absolute Gasteiger partial charge is 0.292 e. The Morgan fingerprint density at radius 1 is 1.56 bits per heavy atom. The highest BCUT2D eigenvalue weighted by Gasteiger charge is 2.15. The Morgan fingerprint density at radius 3 is 3.44 bits per heavy atom. The van der Waals surface area contributed by atoms with Crippen LogP contribution < -0.4 is 0 Å². The van der Waals surface area contributed by atoms with E-state index in [9.17, 15) is 0 Å². The van der Waals surface area contributed by atoms with E-state index < -0.39 is 0 Å². The second-order valence-electron chi connectivity index (χ2n) is 2.49. The number of nitrogens with zero attached hydrogens (tertiary/aromatic N) is 1. The van der Waals surface area contributed by atoms with Crippen LogP contribution in [0.4, 0.5) is 0 Å². The molecule has 1 heterocycles. The second kappa shape index (κ2) is 1.83. The molecule has 0 amide bonds. The predicted molar refractivity (Wildman–Crippen MR) is 38.7 cm³/mol. The molecule has 0 saturated heterocycles. The van der Waals surface area contributed by atoms with Gasteiger partial charge in [-0.25, -0.2) is 0 Å². The monoisotopic (exact) mass is 119 g/mol. The Hall–Kier alpha value is -0.850. The van der Waals surface area contributed by atoms with Crippen molar-refractivity contribution in [2.75, 3.05) is 6.54 Å². The standard InChI is InChI=1S/C8H9N/c1-2-7-4-5-9-6-8(7)3-1/h1,3-5,8H,2,6H2. The molecule has 46 valence electrons. The Labute approximate surface area is 54.8 Å². The van der Waals surface area contributed by atoms with Crippen LogP contribution in [0.25, 0.3) is 0 Å². The lowest BCUT2D eigenvalue weighted by Gasteiger charge is -2.09. The highest BCUT2D eigenvalue weighted by molar-refractivity contribution is 5.74. The molecule has 2 aliphatic rings. The zero-order chi connectivity index (χ0) is 6.10. The smallest absolute Gasteiger partial charge is 0.0489 e. The molecule has 1 unspecified atom stereocenters. The SMILES string of the molecule is C1=CC2CN=CC=C2C1. The summed E-state index contributed by atoms with van der Waals surface area (Å²) < 4.78 is 0. The van der Waals surface area contributed by atoms with Crippen LogP contribution in [0.15, 0.2) is 28.8 Å². The van der Waals surface area contributed by atoms with Crippen LogP contribution in [0.1, 0.15) is 6.42 Å². The highest BCUT2D eigenvalue weighted by atomic mass is 14.7. The Kier molecular flexibility index (Phi) is 1.01. The summed E-state index contributed by atoms with van der Waals surface area (Å²) in [6.45, 7) is 0.975. The Bertz CT molecular complexity index is 199. The molecule has 0 spiro atoms. The fraction of sp³-hybridized carbons (Fsp3) is 0.375. The van der Waals surface area contributed by atoms with E-state index in [4.69, 9.17) is 0 Å². The predicted octanol–water partition coefficient (Wildman–Crippen LogP) is 1.57. The van der Waals surface area contributed by atoms with Gasteiger partial charge in [0, 0.05) is 18.7 Å². The minimum atomic E-state index is 0.648. The van der Waals surface area contributed by atoms with Crippen LogP contribution >= 0.6 is 0 Å². The average molecular weight is 119 g/mol. The summed E-state index contributed by atoms with van der Waals surface area (Å²) in [5.74, 6) is 0.648. The van der Waals surface area contributed by atoms with Crippen molar-refractivity contribution in [2.24, 2.45) is 10.9 Å². The van der Waals surface area contributed by atoms with Crippen molar-refractivity contribution in [2.45, 2.75) is 6.42 Å². The lowest BCUT2D eigenvalue weighted by molar-refractivity contribution is 0.776. The van der Waals surface area contributed by atoms with Crippen LogP contribution in [0.3, 0.4) is 0 Å². The van der Waals surface area contributed by atoms with Crippen molar-refractivity contribution in [3.63, 3.8) is 0 Å². The topological polar surface area (TPSA) is 12.4 Å². The number of aliphatic imine (C=N–C) groups is 1. The molecular weight excluding hydrogens is 110 g/mol. The van der Waals surface area contributed by atoms with E-state index in [1.165, 1.54) is 5.57 Å². The van der Waals surface area contributed by atoms with Crippen molar-refractivity contribution in [3.8, 4) is 0 Å². The van der Waals surface area contributed by atoms with Crippen LogP contribution in [0.2, 0.25) is 0 Å². The zero-order valence-electron chi connectivity index (χ0n) is 5.25. The van der Waals surface area contributed by atoms with E-state index in [1.807, 2.05) is 6.21 Å². The first-order chi connectivity index (χ1) is 4.47. The maximum Gasteiger partial charge on any atom is 0.0489 e. The minimum absolute atomic E-state index is 0.648. The Morgan fingerprint density at radius 2 is 2.56 bits per heavy atom. The van der Waals surface area contributed by atoms with E-state index in [0.29, 0.717) is 5.92 Å². The molecule has 0 aromatic heterocycles. The average Bonchev–Trinajstić information content (AvgIpc) is 2.33. The number of allylic oxidation sites excluding steroid dienone is 2. The van der Waals surface area contributed by atoms with Gasteiger partial charge in [-0.1, -0.05) is 17.7 Å². The molecule has 1 aliphatic carbocycles. The van der Waals surface area contributed by atoms with E-state index in [2.05, 4.69) is 23.2 Å². The van der Waals surface area contributed by atoms with Gasteiger partial charge in [0.2, 0.25) is 0 Å². The fourth-order valence-corrected chi connectivity index (χ4v) is 1.34. The lowest BCUT2D eigenvalue weighted by Crippen LogP contribution is -2.04. The van der Waals surface area contributed by atoms with Gasteiger partial charge in [-0.05, 0) is 12.5 Å². The van der Waals surface area contributed by atoms with Gasteiger partial charge < -0.3 is 0 Å². The van der Waals surface area contributed by atoms with Gasteiger partial charge in [0.1, 0.15) is 0 Å². The molecule has 0 saturated carbocycles. The molecule has 0 aromatic rings. The fourth-order valence-electron chi connectivity index (χ4n) is 1.34. The van der Waals surface area contributed by atoms with Gasteiger partial charge in [0.25, 0.3) is 0 Å². The summed E-state index contributed by atoms with van der Waals surface area (Å²) >= 11 is 0.